The minimum absolute atomic E-state index is 0.554. The Balaban J connectivity index is 1.01. The van der Waals surface area contributed by atoms with Gasteiger partial charge in [-0.05, 0) is 136 Å². The molecule has 0 saturated heterocycles. The molecule has 308 valence electrons. The minimum Gasteiger partial charge on any atom is -0.436 e. The van der Waals surface area contributed by atoms with Crippen molar-refractivity contribution in [2.45, 2.75) is 0 Å². The van der Waals surface area contributed by atoms with Gasteiger partial charge in [-0.15, -0.1) is 0 Å². The van der Waals surface area contributed by atoms with Crippen LogP contribution in [0.5, 0.6) is 0 Å². The van der Waals surface area contributed by atoms with Gasteiger partial charge in [0, 0.05) is 45.8 Å². The lowest BCUT2D eigenvalue weighted by Crippen LogP contribution is -2.10. The van der Waals surface area contributed by atoms with E-state index >= 15 is 0 Å². The number of rotatable bonds is 11. The summed E-state index contributed by atoms with van der Waals surface area (Å²) in [6.07, 6.45) is 0. The van der Waals surface area contributed by atoms with Gasteiger partial charge in [0.15, 0.2) is 5.58 Å². The van der Waals surface area contributed by atoms with Crippen LogP contribution >= 0.6 is 0 Å². The van der Waals surface area contributed by atoms with Gasteiger partial charge in [-0.2, -0.15) is 0 Å². The zero-order valence-electron chi connectivity index (χ0n) is 35.6. The molecule has 0 unspecified atom stereocenters. The van der Waals surface area contributed by atoms with Gasteiger partial charge in [0.25, 0.3) is 0 Å². The molecule has 4 nitrogen and oxygen atoms in total. The Bertz CT molecular complexity index is 3240. The lowest BCUT2D eigenvalue weighted by Gasteiger charge is -2.27. The Morgan fingerprint density at radius 2 is 0.585 bits per heavy atom. The Labute approximate surface area is 379 Å². The number of benzene rings is 10. The van der Waals surface area contributed by atoms with Gasteiger partial charge >= 0.3 is 0 Å². The topological polar surface area (TPSA) is 32.5 Å². The zero-order valence-corrected chi connectivity index (χ0v) is 35.6. The van der Waals surface area contributed by atoms with Crippen molar-refractivity contribution >= 4 is 45.2 Å². The molecule has 10 aromatic carbocycles. The van der Waals surface area contributed by atoms with Crippen LogP contribution in [0.2, 0.25) is 0 Å². The fraction of sp³-hybridized carbons (Fsp3) is 0. The molecule has 1 aromatic heterocycles. The van der Waals surface area contributed by atoms with Crippen LogP contribution in [-0.2, 0) is 0 Å². The van der Waals surface area contributed by atoms with E-state index in [1.807, 2.05) is 0 Å². The molecule has 0 N–H and O–H groups in total. The van der Waals surface area contributed by atoms with E-state index in [9.17, 15) is 0 Å². The second-order valence-electron chi connectivity index (χ2n) is 16.1. The molecule has 0 amide bonds. The molecule has 0 spiro atoms. The summed E-state index contributed by atoms with van der Waals surface area (Å²) in [5, 5.41) is 0. The summed E-state index contributed by atoms with van der Waals surface area (Å²) in [6, 6.07) is 91.8. The van der Waals surface area contributed by atoms with E-state index < -0.39 is 0 Å². The predicted octanol–water partition coefficient (Wildman–Crippen LogP) is 17.1. The molecule has 0 saturated carbocycles. The predicted molar refractivity (Wildman–Crippen MR) is 271 cm³/mol. The molecule has 0 radical (unpaired) electrons. The number of hydrogen-bond acceptors (Lipinski definition) is 4. The number of hydrogen-bond donors (Lipinski definition) is 0. The van der Waals surface area contributed by atoms with Gasteiger partial charge in [-0.1, -0.05) is 164 Å². The summed E-state index contributed by atoms with van der Waals surface area (Å²) >= 11 is 0. The summed E-state index contributed by atoms with van der Waals surface area (Å²) in [4.78, 5) is 9.70. The molecule has 0 bridgehead atoms. The van der Waals surface area contributed by atoms with E-state index in [2.05, 4.69) is 271 Å². The van der Waals surface area contributed by atoms with Crippen LogP contribution in [-0.4, -0.2) is 4.98 Å². The standard InChI is InChI=1S/C61H43N3O/c1-7-20-44(21-8-1)49-36-50(45-22-9-2-10-23-45)40-57(39-49)63(53-29-15-5-16-30-53)55-33-19-28-48(38-55)61-62-59-35-34-56(43-60(59)65-61)64(54-31-17-6-18-32-54)58-41-51(46-24-11-3-12-25-46)37-52(42-58)47-26-13-4-14-27-47/h1-43H. The average Bonchev–Trinajstić information content (AvgIpc) is 3.82. The van der Waals surface area contributed by atoms with Crippen molar-refractivity contribution in [3.8, 4) is 56.0 Å². The van der Waals surface area contributed by atoms with Crippen molar-refractivity contribution in [3.63, 3.8) is 0 Å². The Morgan fingerprint density at radius 3 is 1.00 bits per heavy atom. The van der Waals surface area contributed by atoms with Crippen LogP contribution in [0.15, 0.2) is 265 Å². The van der Waals surface area contributed by atoms with Crippen molar-refractivity contribution in [1.29, 1.82) is 0 Å². The second kappa shape index (κ2) is 17.6. The average molecular weight is 834 g/mol. The van der Waals surface area contributed by atoms with Crippen molar-refractivity contribution in [3.05, 3.63) is 261 Å². The van der Waals surface area contributed by atoms with Crippen molar-refractivity contribution in [2.24, 2.45) is 0 Å². The van der Waals surface area contributed by atoms with Gasteiger partial charge in [-0.25, -0.2) is 4.98 Å². The fourth-order valence-electron chi connectivity index (χ4n) is 8.67. The van der Waals surface area contributed by atoms with E-state index in [1.165, 1.54) is 0 Å². The first kappa shape index (κ1) is 39.1. The van der Waals surface area contributed by atoms with E-state index in [1.54, 1.807) is 0 Å². The Hall–Kier alpha value is -8.73. The molecular formula is C61H43N3O. The van der Waals surface area contributed by atoms with Gasteiger partial charge < -0.3 is 14.2 Å². The highest BCUT2D eigenvalue weighted by Crippen LogP contribution is 2.43. The zero-order chi connectivity index (χ0) is 43.4. The normalized spacial score (nSPS) is 11.1. The third-order valence-electron chi connectivity index (χ3n) is 11.8. The van der Waals surface area contributed by atoms with Crippen molar-refractivity contribution in [2.75, 3.05) is 9.80 Å². The first-order valence-electron chi connectivity index (χ1n) is 21.9. The number of anilines is 6. The maximum Gasteiger partial charge on any atom is 0.227 e. The number of oxazole rings is 1. The highest BCUT2D eigenvalue weighted by Gasteiger charge is 2.20. The molecule has 0 aliphatic carbocycles. The summed E-state index contributed by atoms with van der Waals surface area (Å²) in [7, 11) is 0. The van der Waals surface area contributed by atoms with Crippen LogP contribution in [0.4, 0.5) is 34.1 Å². The summed E-state index contributed by atoms with van der Waals surface area (Å²) in [6.45, 7) is 0. The molecule has 1 heterocycles. The third-order valence-corrected chi connectivity index (χ3v) is 11.8. The number of fused-ring (bicyclic) bond motifs is 1. The number of aromatic nitrogens is 1. The molecular weight excluding hydrogens is 791 g/mol. The van der Waals surface area contributed by atoms with E-state index in [4.69, 9.17) is 9.40 Å². The molecule has 11 aromatic rings. The van der Waals surface area contributed by atoms with Crippen LogP contribution in [0.3, 0.4) is 0 Å². The second-order valence-corrected chi connectivity index (χ2v) is 16.1. The smallest absolute Gasteiger partial charge is 0.227 e. The number of nitrogens with zero attached hydrogens (tertiary/aromatic N) is 3. The van der Waals surface area contributed by atoms with Crippen molar-refractivity contribution < 1.29 is 4.42 Å². The fourth-order valence-corrected chi connectivity index (χ4v) is 8.67. The van der Waals surface area contributed by atoms with Gasteiger partial charge in [-0.3, -0.25) is 0 Å². The van der Waals surface area contributed by atoms with E-state index in [-0.39, 0.29) is 0 Å². The SMILES string of the molecule is c1ccc(-c2cc(-c3ccccc3)cc(N(c3ccccc3)c3cccc(-c4nc5ccc(N(c6ccccc6)c6cc(-c7ccccc7)cc(-c7ccccc7)c6)cc5o4)c3)c2)cc1. The Morgan fingerprint density at radius 1 is 0.246 bits per heavy atom. The maximum absolute atomic E-state index is 6.75. The van der Waals surface area contributed by atoms with Crippen LogP contribution in [0.25, 0.3) is 67.1 Å². The molecule has 0 fully saturated rings. The lowest BCUT2D eigenvalue weighted by molar-refractivity contribution is 0.620. The molecule has 0 aliphatic rings. The quantitative estimate of drug-likeness (QED) is 0.130. The highest BCUT2D eigenvalue weighted by molar-refractivity contribution is 5.90. The van der Waals surface area contributed by atoms with Gasteiger partial charge in [0.2, 0.25) is 5.89 Å². The first-order chi connectivity index (χ1) is 32.2. The van der Waals surface area contributed by atoms with Crippen LogP contribution in [0.1, 0.15) is 0 Å². The first-order valence-corrected chi connectivity index (χ1v) is 21.9. The van der Waals surface area contributed by atoms with Crippen LogP contribution < -0.4 is 9.80 Å². The maximum atomic E-state index is 6.75. The Kier molecular flexibility index (Phi) is 10.6. The summed E-state index contributed by atoms with van der Waals surface area (Å²) in [5.74, 6) is 0.554. The van der Waals surface area contributed by atoms with Gasteiger partial charge in [0.05, 0.1) is 0 Å². The van der Waals surface area contributed by atoms with Crippen LogP contribution in [0, 0.1) is 0 Å². The molecule has 0 aliphatic heterocycles. The van der Waals surface area contributed by atoms with E-state index in [0.29, 0.717) is 11.5 Å². The largest absolute Gasteiger partial charge is 0.436 e. The van der Waals surface area contributed by atoms with Crippen molar-refractivity contribution in [1.82, 2.24) is 4.98 Å². The molecule has 0 atom stereocenters. The summed E-state index contributed by atoms with van der Waals surface area (Å²) in [5.41, 5.74) is 17.7. The summed E-state index contributed by atoms with van der Waals surface area (Å²) < 4.78 is 6.75. The van der Waals surface area contributed by atoms with Gasteiger partial charge in [0.1, 0.15) is 5.52 Å². The third kappa shape index (κ3) is 8.20. The lowest BCUT2D eigenvalue weighted by atomic mass is 9.97. The monoisotopic (exact) mass is 833 g/mol. The number of para-hydroxylation sites is 2. The molecule has 65 heavy (non-hydrogen) atoms. The molecule has 4 heteroatoms. The molecule has 11 rings (SSSR count). The van der Waals surface area contributed by atoms with E-state index in [0.717, 1.165) is 89.7 Å². The highest BCUT2D eigenvalue weighted by atomic mass is 16.3. The minimum atomic E-state index is 0.554.